The number of aromatic nitrogens is 1. The highest BCUT2D eigenvalue weighted by molar-refractivity contribution is 9.10. The quantitative estimate of drug-likeness (QED) is 0.227. The molecule has 180 valence electrons. The van der Waals surface area contributed by atoms with Crippen LogP contribution in [0.2, 0.25) is 0 Å². The van der Waals surface area contributed by atoms with E-state index in [4.69, 9.17) is 5.41 Å². The molecule has 1 fully saturated rings. The summed E-state index contributed by atoms with van der Waals surface area (Å²) in [4.78, 5) is 32.2. The molecule has 0 atom stereocenters. The molecule has 0 radical (unpaired) electrons. The molecule has 3 aromatic rings. The van der Waals surface area contributed by atoms with E-state index in [0.717, 1.165) is 36.0 Å². The van der Waals surface area contributed by atoms with Gasteiger partial charge in [0.05, 0.1) is 0 Å². The van der Waals surface area contributed by atoms with Crippen molar-refractivity contribution < 1.29 is 9.59 Å². The summed E-state index contributed by atoms with van der Waals surface area (Å²) in [7, 11) is 0. The fourth-order valence-corrected chi connectivity index (χ4v) is 4.51. The number of Topliss-reactive ketones (excluding diaryl/α,β-unsaturated/α-hetero) is 1. The first-order valence-electron chi connectivity index (χ1n) is 12.0. The number of amides is 1. The van der Waals surface area contributed by atoms with Crippen molar-refractivity contribution in [3.63, 3.8) is 0 Å². The summed E-state index contributed by atoms with van der Waals surface area (Å²) in [6.07, 6.45) is 7.67. The van der Waals surface area contributed by atoms with E-state index < -0.39 is 0 Å². The predicted octanol–water partition coefficient (Wildman–Crippen LogP) is 6.11. The van der Waals surface area contributed by atoms with E-state index in [2.05, 4.69) is 31.1 Å². The number of carbonyl (C=O) groups excluding carboxylic acids is 2. The molecule has 2 aromatic carbocycles. The van der Waals surface area contributed by atoms with E-state index in [0.29, 0.717) is 28.3 Å². The summed E-state index contributed by atoms with van der Waals surface area (Å²) >= 11 is 3.33. The van der Waals surface area contributed by atoms with Crippen molar-refractivity contribution in [2.45, 2.75) is 38.5 Å². The molecule has 0 spiro atoms. The number of carbonyl (C=O) groups is 2. The molecular weight excluding hydrogens is 504 g/mol. The van der Waals surface area contributed by atoms with Crippen LogP contribution in [0.4, 0.5) is 5.82 Å². The zero-order valence-electron chi connectivity index (χ0n) is 19.6. The average Bonchev–Trinajstić information content (AvgIpc) is 2.85. The highest BCUT2D eigenvalue weighted by Gasteiger charge is 2.17. The van der Waals surface area contributed by atoms with Crippen LogP contribution < -0.4 is 5.32 Å². The van der Waals surface area contributed by atoms with Gasteiger partial charge in [-0.1, -0.05) is 61.7 Å². The summed E-state index contributed by atoms with van der Waals surface area (Å²) in [5.41, 5.74) is 2.49. The molecule has 1 aromatic heterocycles. The summed E-state index contributed by atoms with van der Waals surface area (Å²) in [5, 5.41) is 11.4. The van der Waals surface area contributed by atoms with Gasteiger partial charge < -0.3 is 10.2 Å². The Morgan fingerprint density at radius 3 is 2.23 bits per heavy atom. The molecule has 0 saturated carbocycles. The molecule has 1 aliphatic heterocycles. The molecule has 0 unspecified atom stereocenters. The first-order valence-corrected chi connectivity index (χ1v) is 12.8. The zero-order chi connectivity index (χ0) is 24.6. The van der Waals surface area contributed by atoms with Crippen LogP contribution >= 0.6 is 15.9 Å². The highest BCUT2D eigenvalue weighted by Crippen LogP contribution is 2.18. The largest absolute Gasteiger partial charge is 0.357 e. The number of likely N-dealkylation sites (tertiary alicyclic amines) is 1. The van der Waals surface area contributed by atoms with Gasteiger partial charge >= 0.3 is 0 Å². The Kier molecular flexibility index (Phi) is 8.42. The van der Waals surface area contributed by atoms with Gasteiger partial charge in [-0.2, -0.15) is 0 Å². The Bertz CT molecular complexity index is 1180. The minimum Gasteiger partial charge on any atom is -0.357 e. The van der Waals surface area contributed by atoms with Gasteiger partial charge in [0.2, 0.25) is 0 Å². The lowest BCUT2D eigenvalue weighted by Crippen LogP contribution is -2.33. The van der Waals surface area contributed by atoms with Crippen LogP contribution in [-0.4, -0.2) is 40.5 Å². The topological polar surface area (TPSA) is 86.1 Å². The number of hydrogen-bond acceptors (Lipinski definition) is 4. The minimum absolute atomic E-state index is 0.0728. The van der Waals surface area contributed by atoms with Crippen LogP contribution in [0.1, 0.15) is 63.9 Å². The molecule has 4 rings (SSSR count). The van der Waals surface area contributed by atoms with E-state index in [1.165, 1.54) is 19.3 Å². The fourth-order valence-electron chi connectivity index (χ4n) is 4.27. The van der Waals surface area contributed by atoms with E-state index in [9.17, 15) is 9.59 Å². The third-order valence-corrected chi connectivity index (χ3v) is 6.70. The number of nitrogens with one attached hydrogen (secondary N) is 2. The SMILES string of the molecule is N=C(c1ccc(C(=O)Cc2ccccc2C(=O)Nc2ccc(Br)cn2)cc1)N1CCCCCCC1. The van der Waals surface area contributed by atoms with Crippen molar-refractivity contribution in [3.05, 3.63) is 93.6 Å². The Morgan fingerprint density at radius 2 is 1.54 bits per heavy atom. The van der Waals surface area contributed by atoms with Gasteiger partial charge in [0.15, 0.2) is 5.78 Å². The van der Waals surface area contributed by atoms with E-state index in [1.807, 2.05) is 18.2 Å². The van der Waals surface area contributed by atoms with Gasteiger partial charge in [0.1, 0.15) is 11.7 Å². The van der Waals surface area contributed by atoms with Crippen LogP contribution in [0.5, 0.6) is 0 Å². The third-order valence-electron chi connectivity index (χ3n) is 6.23. The maximum Gasteiger partial charge on any atom is 0.257 e. The van der Waals surface area contributed by atoms with Crippen LogP contribution in [-0.2, 0) is 6.42 Å². The van der Waals surface area contributed by atoms with Crippen LogP contribution in [0.15, 0.2) is 71.3 Å². The van der Waals surface area contributed by atoms with Gasteiger partial charge in [0.25, 0.3) is 5.91 Å². The number of benzene rings is 2. The van der Waals surface area contributed by atoms with Gasteiger partial charge in [-0.3, -0.25) is 15.0 Å². The monoisotopic (exact) mass is 532 g/mol. The zero-order valence-corrected chi connectivity index (χ0v) is 21.2. The number of anilines is 1. The second-order valence-electron chi connectivity index (χ2n) is 8.75. The molecule has 1 saturated heterocycles. The lowest BCUT2D eigenvalue weighted by Gasteiger charge is -2.27. The number of rotatable bonds is 6. The van der Waals surface area contributed by atoms with Gasteiger partial charge in [-0.25, -0.2) is 4.98 Å². The van der Waals surface area contributed by atoms with Crippen LogP contribution in [0.25, 0.3) is 0 Å². The van der Waals surface area contributed by atoms with E-state index in [1.54, 1.807) is 48.7 Å². The molecule has 1 aliphatic rings. The highest BCUT2D eigenvalue weighted by atomic mass is 79.9. The van der Waals surface area contributed by atoms with Crippen LogP contribution in [0, 0.1) is 5.41 Å². The maximum atomic E-state index is 13.0. The number of hydrogen-bond donors (Lipinski definition) is 2. The first-order chi connectivity index (χ1) is 17.0. The van der Waals surface area contributed by atoms with E-state index >= 15 is 0 Å². The predicted molar refractivity (Wildman–Crippen MR) is 142 cm³/mol. The molecule has 6 nitrogen and oxygen atoms in total. The van der Waals surface area contributed by atoms with Crippen molar-refractivity contribution in [1.82, 2.24) is 9.88 Å². The molecular formula is C28H29BrN4O2. The normalized spacial score (nSPS) is 14.0. The Hall–Kier alpha value is -3.32. The van der Waals surface area contributed by atoms with Gasteiger partial charge in [-0.05, 0) is 52.5 Å². The molecule has 35 heavy (non-hydrogen) atoms. The number of pyridine rings is 1. The number of nitrogens with zero attached hydrogens (tertiary/aromatic N) is 2. The summed E-state index contributed by atoms with van der Waals surface area (Å²) in [5.74, 6) is 0.587. The smallest absolute Gasteiger partial charge is 0.257 e. The molecule has 7 heteroatoms. The summed E-state index contributed by atoms with van der Waals surface area (Å²) in [6.45, 7) is 1.82. The van der Waals surface area contributed by atoms with Gasteiger partial charge in [-0.15, -0.1) is 0 Å². The molecule has 0 bridgehead atoms. The molecule has 2 heterocycles. The fraction of sp³-hybridized carbons (Fsp3) is 0.286. The number of amidine groups is 1. The second kappa shape index (κ2) is 11.9. The van der Waals surface area contributed by atoms with Crippen molar-refractivity contribution in [2.24, 2.45) is 0 Å². The van der Waals surface area contributed by atoms with Crippen molar-refractivity contribution in [3.8, 4) is 0 Å². The number of halogens is 1. The van der Waals surface area contributed by atoms with E-state index in [-0.39, 0.29) is 18.1 Å². The molecule has 1 amide bonds. The standard InChI is InChI=1S/C28H29BrN4O2/c29-23-14-15-26(31-19-23)32-28(35)24-9-5-4-8-22(24)18-25(34)20-10-12-21(13-11-20)27(30)33-16-6-2-1-3-7-17-33/h4-5,8-15,19,30H,1-3,6-7,16-18H2,(H,31,32,35). The van der Waals surface area contributed by atoms with Crippen molar-refractivity contribution in [1.29, 1.82) is 5.41 Å². The summed E-state index contributed by atoms with van der Waals surface area (Å²) < 4.78 is 0.824. The minimum atomic E-state index is -0.305. The second-order valence-corrected chi connectivity index (χ2v) is 9.67. The molecule has 0 aliphatic carbocycles. The Morgan fingerprint density at radius 1 is 0.886 bits per heavy atom. The average molecular weight is 533 g/mol. The Balaban J connectivity index is 1.43. The third kappa shape index (κ3) is 6.63. The van der Waals surface area contributed by atoms with Crippen molar-refractivity contribution in [2.75, 3.05) is 18.4 Å². The van der Waals surface area contributed by atoms with Crippen LogP contribution in [0.3, 0.4) is 0 Å². The molecule has 2 N–H and O–H groups in total. The maximum absolute atomic E-state index is 13.0. The summed E-state index contributed by atoms with van der Waals surface area (Å²) in [6, 6.07) is 17.9. The number of ketones is 1. The Labute approximate surface area is 214 Å². The lowest BCUT2D eigenvalue weighted by molar-refractivity contribution is 0.0992. The van der Waals surface area contributed by atoms with Crippen molar-refractivity contribution >= 4 is 39.3 Å². The first kappa shape index (κ1) is 24.8. The van der Waals surface area contributed by atoms with Gasteiger partial charge in [0, 0.05) is 46.9 Å². The lowest BCUT2D eigenvalue weighted by atomic mass is 9.97.